The molecule has 154 valence electrons. The maximum Gasteiger partial charge on any atom is 0.252 e. The number of amides is 1. The molecular weight excluding hydrogens is 394 g/mol. The van der Waals surface area contributed by atoms with Crippen molar-refractivity contribution < 1.29 is 13.2 Å². The smallest absolute Gasteiger partial charge is 0.252 e. The predicted octanol–water partition coefficient (Wildman–Crippen LogP) is 1.47. The third-order valence-electron chi connectivity index (χ3n) is 4.55. The summed E-state index contributed by atoms with van der Waals surface area (Å²) in [6, 6.07) is 6.36. The van der Waals surface area contributed by atoms with Gasteiger partial charge in [-0.2, -0.15) is 9.40 Å². The van der Waals surface area contributed by atoms with Crippen molar-refractivity contribution in [3.05, 3.63) is 52.6 Å². The van der Waals surface area contributed by atoms with Crippen LogP contribution < -0.4 is 10.9 Å². The van der Waals surface area contributed by atoms with Gasteiger partial charge in [0.15, 0.2) is 0 Å². The van der Waals surface area contributed by atoms with Gasteiger partial charge in [0, 0.05) is 37.4 Å². The van der Waals surface area contributed by atoms with Gasteiger partial charge in [-0.3, -0.25) is 14.7 Å². The molecule has 0 bridgehead atoms. The highest BCUT2D eigenvalue weighted by atomic mass is 32.2. The largest absolute Gasteiger partial charge is 0.325 e. The number of aromatic nitrogens is 3. The SMILES string of the molecule is CCCc1cc(S(=O)(=O)N(C)CC(=O)Nc2ccn(C)c(=O)c2)c2[nH]ncc2c1. The van der Waals surface area contributed by atoms with Crippen LogP contribution in [-0.4, -0.2) is 47.0 Å². The second kappa shape index (κ2) is 8.18. The molecule has 2 aromatic heterocycles. The number of aromatic amines is 1. The van der Waals surface area contributed by atoms with E-state index in [-0.39, 0.29) is 10.5 Å². The summed E-state index contributed by atoms with van der Waals surface area (Å²) < 4.78 is 28.6. The van der Waals surface area contributed by atoms with Gasteiger partial charge < -0.3 is 9.88 Å². The molecule has 0 spiro atoms. The standard InChI is InChI=1S/C19H23N5O4S/c1-4-5-13-8-14-11-20-22-19(14)16(9-13)29(27,28)24(3)12-17(25)21-15-6-7-23(2)18(26)10-15/h6-11H,4-5,12H2,1-3H3,(H,20,22)(H,21,25). The quantitative estimate of drug-likeness (QED) is 0.604. The summed E-state index contributed by atoms with van der Waals surface area (Å²) in [5.41, 5.74) is 1.32. The molecule has 0 unspecified atom stereocenters. The van der Waals surface area contributed by atoms with Crippen molar-refractivity contribution in [2.24, 2.45) is 7.05 Å². The van der Waals surface area contributed by atoms with Crippen molar-refractivity contribution in [3.8, 4) is 0 Å². The van der Waals surface area contributed by atoms with Gasteiger partial charge in [0.2, 0.25) is 15.9 Å². The fraction of sp³-hybridized carbons (Fsp3) is 0.316. The maximum atomic E-state index is 13.1. The molecule has 1 amide bonds. The highest BCUT2D eigenvalue weighted by Gasteiger charge is 2.26. The molecule has 10 heteroatoms. The van der Waals surface area contributed by atoms with Crippen molar-refractivity contribution in [3.63, 3.8) is 0 Å². The molecule has 0 saturated carbocycles. The first-order valence-corrected chi connectivity index (χ1v) is 10.5. The normalized spacial score (nSPS) is 11.9. The van der Waals surface area contributed by atoms with Crippen LogP contribution in [-0.2, 0) is 28.3 Å². The Morgan fingerprint density at radius 1 is 1.31 bits per heavy atom. The molecule has 2 heterocycles. The van der Waals surface area contributed by atoms with Crippen LogP contribution in [0.1, 0.15) is 18.9 Å². The van der Waals surface area contributed by atoms with Crippen molar-refractivity contribution >= 4 is 32.5 Å². The van der Waals surface area contributed by atoms with E-state index in [1.807, 2.05) is 13.0 Å². The summed E-state index contributed by atoms with van der Waals surface area (Å²) in [6.45, 7) is 1.62. The lowest BCUT2D eigenvalue weighted by Gasteiger charge is -2.18. The third kappa shape index (κ3) is 4.38. The zero-order valence-corrected chi connectivity index (χ0v) is 17.3. The van der Waals surface area contributed by atoms with Gasteiger partial charge in [0.1, 0.15) is 4.90 Å². The number of aryl methyl sites for hydroxylation is 2. The molecule has 3 aromatic rings. The summed E-state index contributed by atoms with van der Waals surface area (Å²) in [7, 11) is -1.01. The summed E-state index contributed by atoms with van der Waals surface area (Å²) in [6.07, 6.45) is 4.71. The molecule has 9 nitrogen and oxygen atoms in total. The number of carbonyl (C=O) groups is 1. The summed E-state index contributed by atoms with van der Waals surface area (Å²) in [5, 5.41) is 9.93. The number of hydrogen-bond acceptors (Lipinski definition) is 5. The summed E-state index contributed by atoms with van der Waals surface area (Å²) in [4.78, 5) is 24.1. The molecule has 1 aromatic carbocycles. The number of H-pyrrole nitrogens is 1. The van der Waals surface area contributed by atoms with Crippen LogP contribution in [0, 0.1) is 0 Å². The molecule has 0 atom stereocenters. The first-order valence-electron chi connectivity index (χ1n) is 9.11. The number of rotatable bonds is 7. The van der Waals surface area contributed by atoms with Gasteiger partial charge in [-0.1, -0.05) is 13.3 Å². The molecule has 2 N–H and O–H groups in total. The number of fused-ring (bicyclic) bond motifs is 1. The molecule has 0 aliphatic rings. The van der Waals surface area contributed by atoms with Crippen molar-refractivity contribution in [1.29, 1.82) is 0 Å². The topological polar surface area (TPSA) is 117 Å². The van der Waals surface area contributed by atoms with E-state index in [2.05, 4.69) is 15.5 Å². The number of benzene rings is 1. The van der Waals surface area contributed by atoms with Crippen LogP contribution in [0.25, 0.3) is 10.9 Å². The number of sulfonamides is 1. The van der Waals surface area contributed by atoms with Crippen LogP contribution in [0.4, 0.5) is 5.69 Å². The number of pyridine rings is 1. The van der Waals surface area contributed by atoms with Gasteiger partial charge >= 0.3 is 0 Å². The van der Waals surface area contributed by atoms with E-state index in [4.69, 9.17) is 0 Å². The van der Waals surface area contributed by atoms with Gasteiger partial charge in [-0.25, -0.2) is 8.42 Å². The second-order valence-electron chi connectivity index (χ2n) is 6.85. The predicted molar refractivity (Wildman–Crippen MR) is 110 cm³/mol. The van der Waals surface area contributed by atoms with E-state index >= 15 is 0 Å². The van der Waals surface area contributed by atoms with E-state index < -0.39 is 22.5 Å². The molecular formula is C19H23N5O4S. The Morgan fingerprint density at radius 3 is 2.76 bits per heavy atom. The Bertz CT molecular complexity index is 1210. The minimum absolute atomic E-state index is 0.0832. The van der Waals surface area contributed by atoms with Crippen LogP contribution >= 0.6 is 0 Å². The van der Waals surface area contributed by atoms with E-state index in [0.29, 0.717) is 16.6 Å². The minimum Gasteiger partial charge on any atom is -0.325 e. The lowest BCUT2D eigenvalue weighted by molar-refractivity contribution is -0.116. The highest BCUT2D eigenvalue weighted by Crippen LogP contribution is 2.26. The summed E-state index contributed by atoms with van der Waals surface area (Å²) >= 11 is 0. The van der Waals surface area contributed by atoms with E-state index in [1.54, 1.807) is 25.4 Å². The van der Waals surface area contributed by atoms with Crippen LogP contribution in [0.15, 0.2) is 46.3 Å². The van der Waals surface area contributed by atoms with Gasteiger partial charge in [-0.05, 0) is 30.2 Å². The molecule has 0 aliphatic carbocycles. The van der Waals surface area contributed by atoms with Crippen molar-refractivity contribution in [1.82, 2.24) is 19.1 Å². The molecule has 3 rings (SSSR count). The zero-order chi connectivity index (χ0) is 21.2. The minimum atomic E-state index is -3.94. The van der Waals surface area contributed by atoms with Crippen molar-refractivity contribution in [2.75, 3.05) is 18.9 Å². The first kappa shape index (κ1) is 20.7. The number of anilines is 1. The lowest BCUT2D eigenvalue weighted by Crippen LogP contribution is -2.35. The molecule has 0 fully saturated rings. The van der Waals surface area contributed by atoms with E-state index in [9.17, 15) is 18.0 Å². The lowest BCUT2D eigenvalue weighted by atomic mass is 10.1. The Balaban J connectivity index is 1.84. The van der Waals surface area contributed by atoms with Crippen LogP contribution in [0.3, 0.4) is 0 Å². The number of likely N-dealkylation sites (N-methyl/N-ethyl adjacent to an activating group) is 1. The van der Waals surface area contributed by atoms with Crippen molar-refractivity contribution in [2.45, 2.75) is 24.7 Å². The first-order chi connectivity index (χ1) is 13.7. The molecule has 0 saturated heterocycles. The monoisotopic (exact) mass is 417 g/mol. The average molecular weight is 417 g/mol. The number of nitrogens with one attached hydrogen (secondary N) is 2. The molecule has 0 radical (unpaired) electrons. The molecule has 29 heavy (non-hydrogen) atoms. The Morgan fingerprint density at radius 2 is 2.07 bits per heavy atom. The van der Waals surface area contributed by atoms with Gasteiger partial charge in [0.05, 0.1) is 18.3 Å². The van der Waals surface area contributed by atoms with Gasteiger partial charge in [0.25, 0.3) is 5.56 Å². The van der Waals surface area contributed by atoms with E-state index in [1.165, 1.54) is 23.9 Å². The Kier molecular flexibility index (Phi) is 5.85. The fourth-order valence-electron chi connectivity index (χ4n) is 3.00. The highest BCUT2D eigenvalue weighted by molar-refractivity contribution is 7.89. The van der Waals surface area contributed by atoms with Gasteiger partial charge in [-0.15, -0.1) is 0 Å². The summed E-state index contributed by atoms with van der Waals surface area (Å²) in [5.74, 6) is -0.546. The zero-order valence-electron chi connectivity index (χ0n) is 16.5. The number of nitrogens with zero attached hydrogens (tertiary/aromatic N) is 3. The fourth-order valence-corrected chi connectivity index (χ4v) is 4.35. The van der Waals surface area contributed by atoms with Crippen LogP contribution in [0.2, 0.25) is 0 Å². The Hall–Kier alpha value is -2.98. The van der Waals surface area contributed by atoms with Crippen LogP contribution in [0.5, 0.6) is 0 Å². The second-order valence-corrected chi connectivity index (χ2v) is 8.87. The Labute approximate surface area is 168 Å². The molecule has 0 aliphatic heterocycles. The van der Waals surface area contributed by atoms with E-state index in [0.717, 1.165) is 22.7 Å². The maximum absolute atomic E-state index is 13.1. The third-order valence-corrected chi connectivity index (χ3v) is 6.38. The average Bonchev–Trinajstić information content (AvgIpc) is 3.12. The number of carbonyl (C=O) groups excluding carboxylic acids is 1. The number of hydrogen-bond donors (Lipinski definition) is 2.